The molecule has 0 saturated heterocycles. The molecule has 0 aliphatic heterocycles. The first kappa shape index (κ1) is 14.0. The Labute approximate surface area is 105 Å². The first-order valence-electron chi connectivity index (χ1n) is 5.63. The summed E-state index contributed by atoms with van der Waals surface area (Å²) in [6, 6.07) is 6.55. The number of phenolic OH excluding ortho intramolecular Hbond substituents is 1. The molecule has 1 amide bonds. The van der Waals surface area contributed by atoms with E-state index in [4.69, 9.17) is 10.2 Å². The summed E-state index contributed by atoms with van der Waals surface area (Å²) in [5.74, 6) is -1.26. The van der Waals surface area contributed by atoms with Crippen LogP contribution in [-0.4, -0.2) is 27.6 Å². The number of aliphatic carboxylic acids is 1. The molecule has 3 N–H and O–H groups in total. The van der Waals surface area contributed by atoms with Crippen LogP contribution in [0.4, 0.5) is 0 Å². The van der Waals surface area contributed by atoms with Crippen molar-refractivity contribution in [1.82, 2.24) is 5.32 Å². The molecule has 0 aliphatic rings. The van der Waals surface area contributed by atoms with Gasteiger partial charge < -0.3 is 15.5 Å². The van der Waals surface area contributed by atoms with Gasteiger partial charge in [0.2, 0.25) is 5.91 Å². The van der Waals surface area contributed by atoms with E-state index in [1.54, 1.807) is 24.3 Å². The van der Waals surface area contributed by atoms with Crippen molar-refractivity contribution in [3.8, 4) is 5.75 Å². The number of benzene rings is 1. The molecule has 5 heteroatoms. The molecular weight excluding hydrogens is 234 g/mol. The van der Waals surface area contributed by atoms with Crippen LogP contribution in [0.2, 0.25) is 0 Å². The first-order chi connectivity index (χ1) is 8.33. The van der Waals surface area contributed by atoms with Gasteiger partial charge in [0.25, 0.3) is 0 Å². The van der Waals surface area contributed by atoms with Crippen molar-refractivity contribution < 1.29 is 19.8 Å². The molecule has 1 rings (SSSR count). The summed E-state index contributed by atoms with van der Waals surface area (Å²) in [7, 11) is 0. The summed E-state index contributed by atoms with van der Waals surface area (Å²) < 4.78 is 0. The second kappa shape index (κ2) is 5.53. The van der Waals surface area contributed by atoms with Gasteiger partial charge in [-0.15, -0.1) is 0 Å². The standard InChI is InChI=1S/C13H17NO4/c1-9(15)14-13(2,12(17)18)8-7-10-3-5-11(16)6-4-10/h3-6,16H,7-8H2,1-2H3,(H,14,15)(H,17,18). The molecule has 18 heavy (non-hydrogen) atoms. The lowest BCUT2D eigenvalue weighted by Gasteiger charge is -2.25. The van der Waals surface area contributed by atoms with Crippen molar-refractivity contribution in [3.63, 3.8) is 0 Å². The molecule has 0 radical (unpaired) electrons. The molecule has 0 aliphatic carbocycles. The molecule has 1 aromatic carbocycles. The van der Waals surface area contributed by atoms with Crippen LogP contribution in [0.25, 0.3) is 0 Å². The van der Waals surface area contributed by atoms with Gasteiger partial charge in [-0.25, -0.2) is 4.79 Å². The molecule has 1 aromatic rings. The average molecular weight is 251 g/mol. The SMILES string of the molecule is CC(=O)NC(C)(CCc1ccc(O)cc1)C(=O)O. The number of hydrogen-bond donors (Lipinski definition) is 3. The minimum Gasteiger partial charge on any atom is -0.508 e. The number of phenols is 1. The molecule has 0 fully saturated rings. The number of aromatic hydroxyl groups is 1. The van der Waals surface area contributed by atoms with Crippen LogP contribution in [-0.2, 0) is 16.0 Å². The average Bonchev–Trinajstić information content (AvgIpc) is 2.27. The third-order valence-electron chi connectivity index (χ3n) is 2.77. The number of aryl methyl sites for hydroxylation is 1. The number of hydrogen-bond acceptors (Lipinski definition) is 3. The van der Waals surface area contributed by atoms with E-state index in [1.165, 1.54) is 13.8 Å². The van der Waals surface area contributed by atoms with E-state index in [0.717, 1.165) is 5.56 Å². The first-order valence-corrected chi connectivity index (χ1v) is 5.63. The Morgan fingerprint density at radius 1 is 1.28 bits per heavy atom. The fraction of sp³-hybridized carbons (Fsp3) is 0.385. The summed E-state index contributed by atoms with van der Waals surface area (Å²) in [6.07, 6.45) is 0.788. The number of amides is 1. The number of rotatable bonds is 5. The van der Waals surface area contributed by atoms with E-state index in [1.807, 2.05) is 0 Å². The van der Waals surface area contributed by atoms with E-state index in [2.05, 4.69) is 5.32 Å². The normalized spacial score (nSPS) is 13.7. The maximum absolute atomic E-state index is 11.2. The third-order valence-corrected chi connectivity index (χ3v) is 2.77. The lowest BCUT2D eigenvalue weighted by Crippen LogP contribution is -2.51. The molecule has 1 unspecified atom stereocenters. The molecule has 98 valence electrons. The Morgan fingerprint density at radius 3 is 2.28 bits per heavy atom. The molecule has 0 saturated carbocycles. The summed E-state index contributed by atoms with van der Waals surface area (Å²) in [5, 5.41) is 20.7. The summed E-state index contributed by atoms with van der Waals surface area (Å²) in [4.78, 5) is 22.2. The summed E-state index contributed by atoms with van der Waals surface area (Å²) in [6.45, 7) is 2.78. The predicted molar refractivity (Wildman–Crippen MR) is 66.3 cm³/mol. The van der Waals surface area contributed by atoms with Crippen LogP contribution in [0.15, 0.2) is 24.3 Å². The zero-order chi connectivity index (χ0) is 13.8. The quantitative estimate of drug-likeness (QED) is 0.736. The monoisotopic (exact) mass is 251 g/mol. The molecular formula is C13H17NO4. The van der Waals surface area contributed by atoms with Gasteiger partial charge in [0.1, 0.15) is 11.3 Å². The zero-order valence-electron chi connectivity index (χ0n) is 10.4. The van der Waals surface area contributed by atoms with Crippen LogP contribution in [0.1, 0.15) is 25.8 Å². The van der Waals surface area contributed by atoms with Crippen LogP contribution in [0.3, 0.4) is 0 Å². The molecule has 1 atom stereocenters. The van der Waals surface area contributed by atoms with E-state index < -0.39 is 11.5 Å². The zero-order valence-corrected chi connectivity index (χ0v) is 10.4. The number of nitrogens with one attached hydrogen (secondary N) is 1. The summed E-state index contributed by atoms with van der Waals surface area (Å²) >= 11 is 0. The van der Waals surface area contributed by atoms with Gasteiger partial charge in [-0.05, 0) is 37.5 Å². The van der Waals surface area contributed by atoms with E-state index in [0.29, 0.717) is 6.42 Å². The van der Waals surface area contributed by atoms with Crippen molar-refractivity contribution >= 4 is 11.9 Å². The van der Waals surface area contributed by atoms with Crippen LogP contribution >= 0.6 is 0 Å². The van der Waals surface area contributed by atoms with Gasteiger partial charge in [0, 0.05) is 6.92 Å². The molecule has 0 spiro atoms. The van der Waals surface area contributed by atoms with Crippen molar-refractivity contribution in [2.45, 2.75) is 32.2 Å². The minimum atomic E-state index is -1.27. The highest BCUT2D eigenvalue weighted by molar-refractivity contribution is 5.85. The van der Waals surface area contributed by atoms with Gasteiger partial charge in [0.05, 0.1) is 0 Å². The van der Waals surface area contributed by atoms with E-state index in [9.17, 15) is 9.59 Å². The second-order valence-electron chi connectivity index (χ2n) is 4.48. The van der Waals surface area contributed by atoms with Gasteiger partial charge >= 0.3 is 5.97 Å². The lowest BCUT2D eigenvalue weighted by atomic mass is 9.93. The topological polar surface area (TPSA) is 86.6 Å². The molecule has 0 bridgehead atoms. The Bertz CT molecular complexity index is 441. The third kappa shape index (κ3) is 3.76. The van der Waals surface area contributed by atoms with E-state index in [-0.39, 0.29) is 18.1 Å². The fourth-order valence-corrected chi connectivity index (χ4v) is 1.67. The Kier molecular flexibility index (Phi) is 4.31. The Balaban J connectivity index is 2.71. The van der Waals surface area contributed by atoms with Crippen molar-refractivity contribution in [3.05, 3.63) is 29.8 Å². The number of carboxylic acids is 1. The lowest BCUT2D eigenvalue weighted by molar-refractivity contribution is -0.146. The number of carboxylic acid groups (broad SMARTS) is 1. The smallest absolute Gasteiger partial charge is 0.329 e. The van der Waals surface area contributed by atoms with Crippen molar-refractivity contribution in [1.29, 1.82) is 0 Å². The highest BCUT2D eigenvalue weighted by Gasteiger charge is 2.33. The largest absolute Gasteiger partial charge is 0.508 e. The van der Waals surface area contributed by atoms with Crippen LogP contribution < -0.4 is 5.32 Å². The van der Waals surface area contributed by atoms with Gasteiger partial charge in [0.15, 0.2) is 0 Å². The second-order valence-corrected chi connectivity index (χ2v) is 4.48. The van der Waals surface area contributed by atoms with Crippen LogP contribution in [0, 0.1) is 0 Å². The van der Waals surface area contributed by atoms with Gasteiger partial charge in [-0.2, -0.15) is 0 Å². The number of carbonyl (C=O) groups excluding carboxylic acids is 1. The maximum atomic E-state index is 11.2. The molecule has 0 heterocycles. The van der Waals surface area contributed by atoms with Crippen LogP contribution in [0.5, 0.6) is 5.75 Å². The Hall–Kier alpha value is -2.04. The minimum absolute atomic E-state index is 0.168. The van der Waals surface area contributed by atoms with Gasteiger partial charge in [-0.1, -0.05) is 12.1 Å². The van der Waals surface area contributed by atoms with E-state index >= 15 is 0 Å². The highest BCUT2D eigenvalue weighted by Crippen LogP contribution is 2.17. The summed E-state index contributed by atoms with van der Waals surface area (Å²) in [5.41, 5.74) is -0.366. The van der Waals surface area contributed by atoms with Crippen molar-refractivity contribution in [2.24, 2.45) is 0 Å². The Morgan fingerprint density at radius 2 is 1.83 bits per heavy atom. The molecule has 5 nitrogen and oxygen atoms in total. The highest BCUT2D eigenvalue weighted by atomic mass is 16.4. The predicted octanol–water partition coefficient (Wildman–Crippen LogP) is 1.30. The fourth-order valence-electron chi connectivity index (χ4n) is 1.67. The maximum Gasteiger partial charge on any atom is 0.329 e. The van der Waals surface area contributed by atoms with Gasteiger partial charge in [-0.3, -0.25) is 4.79 Å². The van der Waals surface area contributed by atoms with Crippen molar-refractivity contribution in [2.75, 3.05) is 0 Å². The molecule has 0 aromatic heterocycles. The number of carbonyl (C=O) groups is 2.